The van der Waals surface area contributed by atoms with Crippen molar-refractivity contribution in [2.24, 2.45) is 0 Å². The average Bonchev–Trinajstić information content (AvgIpc) is 3.06. The van der Waals surface area contributed by atoms with Crippen molar-refractivity contribution < 1.29 is 9.59 Å². The molecule has 0 saturated heterocycles. The molecule has 0 bridgehead atoms. The van der Waals surface area contributed by atoms with Gasteiger partial charge >= 0.3 is 0 Å². The zero-order valence-corrected chi connectivity index (χ0v) is 15.5. The van der Waals surface area contributed by atoms with Crippen molar-refractivity contribution in [3.05, 3.63) is 76.4 Å². The molecular weight excluding hydrogens is 380 g/mol. The van der Waals surface area contributed by atoms with E-state index in [0.29, 0.717) is 11.3 Å². The van der Waals surface area contributed by atoms with Crippen LogP contribution in [-0.2, 0) is 5.41 Å². The fourth-order valence-corrected chi connectivity index (χ4v) is 2.94. The molecule has 0 atom stereocenters. The summed E-state index contributed by atoms with van der Waals surface area (Å²) in [6, 6.07) is 17.0. The first-order chi connectivity index (χ1) is 11.9. The van der Waals surface area contributed by atoms with E-state index < -0.39 is 5.41 Å². The van der Waals surface area contributed by atoms with Crippen molar-refractivity contribution in [1.29, 1.82) is 0 Å². The molecule has 2 aromatic carbocycles. The van der Waals surface area contributed by atoms with Crippen LogP contribution < -0.4 is 0 Å². The van der Waals surface area contributed by atoms with Crippen LogP contribution in [0.25, 0.3) is 11.3 Å². The van der Waals surface area contributed by atoms with Crippen molar-refractivity contribution in [2.75, 3.05) is 0 Å². The number of benzene rings is 2. The van der Waals surface area contributed by atoms with Gasteiger partial charge in [0.2, 0.25) is 0 Å². The molecule has 0 N–H and O–H groups in total. The number of hydrogen-bond donors (Lipinski definition) is 0. The molecule has 25 heavy (non-hydrogen) atoms. The third-order valence-electron chi connectivity index (χ3n) is 4.23. The van der Waals surface area contributed by atoms with E-state index in [1.54, 1.807) is 0 Å². The largest absolute Gasteiger partial charge is 0.298 e. The normalized spacial score (nSPS) is 11.3. The second kappa shape index (κ2) is 6.76. The molecule has 0 unspecified atom stereocenters. The molecule has 1 heterocycles. The van der Waals surface area contributed by atoms with Crippen molar-refractivity contribution >= 4 is 28.1 Å². The highest BCUT2D eigenvalue weighted by molar-refractivity contribution is 9.10. The Labute approximate surface area is 154 Å². The molecule has 0 saturated carbocycles. The van der Waals surface area contributed by atoms with Crippen LogP contribution in [0.1, 0.15) is 34.6 Å². The van der Waals surface area contributed by atoms with E-state index in [9.17, 15) is 9.59 Å². The predicted octanol–water partition coefficient (Wildman–Crippen LogP) is 4.74. The second-order valence-corrected chi connectivity index (χ2v) is 7.21. The standard InChI is InChI=1S/C20H17BrN2O2/c1-20(2,16-6-4-3-5-7-16)19(25)23-12-15(13-24)18(22-23)14-8-10-17(21)11-9-14/h3-13H,1-2H3. The highest BCUT2D eigenvalue weighted by Crippen LogP contribution is 2.27. The first-order valence-electron chi connectivity index (χ1n) is 7.84. The summed E-state index contributed by atoms with van der Waals surface area (Å²) >= 11 is 3.38. The van der Waals surface area contributed by atoms with Gasteiger partial charge in [-0.3, -0.25) is 9.59 Å². The molecule has 0 aliphatic carbocycles. The van der Waals surface area contributed by atoms with Gasteiger partial charge in [-0.2, -0.15) is 5.10 Å². The third kappa shape index (κ3) is 3.33. The van der Waals surface area contributed by atoms with Gasteiger partial charge in [0.25, 0.3) is 5.91 Å². The molecule has 0 radical (unpaired) electrons. The molecule has 0 aliphatic heterocycles. The fraction of sp³-hybridized carbons (Fsp3) is 0.150. The van der Waals surface area contributed by atoms with Crippen LogP contribution in [0.2, 0.25) is 0 Å². The zero-order valence-electron chi connectivity index (χ0n) is 13.9. The molecule has 3 rings (SSSR count). The molecule has 3 aromatic rings. The summed E-state index contributed by atoms with van der Waals surface area (Å²) in [4.78, 5) is 24.5. The van der Waals surface area contributed by atoms with Crippen molar-refractivity contribution in [2.45, 2.75) is 19.3 Å². The Balaban J connectivity index is 2.02. The first kappa shape index (κ1) is 17.3. The van der Waals surface area contributed by atoms with Gasteiger partial charge in [0.15, 0.2) is 6.29 Å². The molecule has 0 amide bonds. The van der Waals surface area contributed by atoms with Crippen LogP contribution in [0.15, 0.2) is 65.3 Å². The van der Waals surface area contributed by atoms with E-state index in [0.717, 1.165) is 21.9 Å². The number of nitrogens with zero attached hydrogens (tertiary/aromatic N) is 2. The molecule has 0 aliphatic rings. The Morgan fingerprint density at radius 1 is 1.08 bits per heavy atom. The lowest BCUT2D eigenvalue weighted by molar-refractivity contribution is 0.0805. The van der Waals surface area contributed by atoms with Crippen LogP contribution in [0.5, 0.6) is 0 Å². The van der Waals surface area contributed by atoms with Gasteiger partial charge in [-0.05, 0) is 31.5 Å². The molecular formula is C20H17BrN2O2. The van der Waals surface area contributed by atoms with Gasteiger partial charge in [-0.1, -0.05) is 58.4 Å². The van der Waals surface area contributed by atoms with Crippen LogP contribution in [0.4, 0.5) is 0 Å². The zero-order chi connectivity index (χ0) is 18.0. The van der Waals surface area contributed by atoms with E-state index in [-0.39, 0.29) is 5.91 Å². The van der Waals surface area contributed by atoms with Crippen molar-refractivity contribution in [1.82, 2.24) is 9.78 Å². The average molecular weight is 397 g/mol. The molecule has 1 aromatic heterocycles. The van der Waals surface area contributed by atoms with Gasteiger partial charge in [-0.25, -0.2) is 4.68 Å². The molecule has 4 nitrogen and oxygen atoms in total. The van der Waals surface area contributed by atoms with Gasteiger partial charge in [0.1, 0.15) is 5.69 Å². The minimum Gasteiger partial charge on any atom is -0.298 e. The maximum Gasteiger partial charge on any atom is 0.256 e. The van der Waals surface area contributed by atoms with E-state index in [2.05, 4.69) is 21.0 Å². The van der Waals surface area contributed by atoms with Crippen molar-refractivity contribution in [3.63, 3.8) is 0 Å². The van der Waals surface area contributed by atoms with E-state index >= 15 is 0 Å². The topological polar surface area (TPSA) is 52.0 Å². The van der Waals surface area contributed by atoms with E-state index in [1.165, 1.54) is 10.9 Å². The maximum absolute atomic E-state index is 13.0. The molecule has 0 fully saturated rings. The smallest absolute Gasteiger partial charge is 0.256 e. The molecule has 0 spiro atoms. The Hall–Kier alpha value is -2.53. The number of carbonyl (C=O) groups is 2. The summed E-state index contributed by atoms with van der Waals surface area (Å²) in [7, 11) is 0. The molecule has 126 valence electrons. The Bertz CT molecular complexity index is 913. The lowest BCUT2D eigenvalue weighted by Gasteiger charge is -2.23. The quantitative estimate of drug-likeness (QED) is 0.598. The summed E-state index contributed by atoms with van der Waals surface area (Å²) in [5.41, 5.74) is 1.81. The maximum atomic E-state index is 13.0. The van der Waals surface area contributed by atoms with E-state index in [1.807, 2.05) is 68.4 Å². The minimum atomic E-state index is -0.760. The highest BCUT2D eigenvalue weighted by Gasteiger charge is 2.32. The summed E-state index contributed by atoms with van der Waals surface area (Å²) in [5, 5.41) is 4.39. The lowest BCUT2D eigenvalue weighted by Crippen LogP contribution is -2.34. The van der Waals surface area contributed by atoms with Crippen LogP contribution in [0.3, 0.4) is 0 Å². The summed E-state index contributed by atoms with van der Waals surface area (Å²) < 4.78 is 2.21. The Morgan fingerprint density at radius 2 is 1.72 bits per heavy atom. The summed E-state index contributed by atoms with van der Waals surface area (Å²) in [5.74, 6) is -0.190. The first-order valence-corrected chi connectivity index (χ1v) is 8.64. The lowest BCUT2D eigenvalue weighted by atomic mass is 9.84. The third-order valence-corrected chi connectivity index (χ3v) is 4.75. The number of rotatable bonds is 4. The molecule has 5 heteroatoms. The second-order valence-electron chi connectivity index (χ2n) is 6.30. The summed E-state index contributed by atoms with van der Waals surface area (Å²) in [6.07, 6.45) is 2.22. The van der Waals surface area contributed by atoms with Gasteiger partial charge < -0.3 is 0 Å². The van der Waals surface area contributed by atoms with Gasteiger partial charge in [0.05, 0.1) is 11.0 Å². The fourth-order valence-electron chi connectivity index (χ4n) is 2.67. The van der Waals surface area contributed by atoms with Crippen LogP contribution in [-0.4, -0.2) is 22.0 Å². The summed E-state index contributed by atoms with van der Waals surface area (Å²) in [6.45, 7) is 3.71. The monoisotopic (exact) mass is 396 g/mol. The minimum absolute atomic E-state index is 0.190. The number of carbonyl (C=O) groups excluding carboxylic acids is 2. The van der Waals surface area contributed by atoms with Crippen molar-refractivity contribution in [3.8, 4) is 11.3 Å². The Kier molecular flexibility index (Phi) is 4.68. The van der Waals surface area contributed by atoms with E-state index in [4.69, 9.17) is 0 Å². The van der Waals surface area contributed by atoms with Crippen LogP contribution >= 0.6 is 15.9 Å². The number of hydrogen-bond acceptors (Lipinski definition) is 3. The predicted molar refractivity (Wildman–Crippen MR) is 101 cm³/mol. The Morgan fingerprint density at radius 3 is 2.32 bits per heavy atom. The van der Waals surface area contributed by atoms with Crippen LogP contribution in [0, 0.1) is 0 Å². The van der Waals surface area contributed by atoms with Gasteiger partial charge in [-0.15, -0.1) is 0 Å². The number of aldehydes is 1. The SMILES string of the molecule is CC(C)(C(=O)n1cc(C=O)c(-c2ccc(Br)cc2)n1)c1ccccc1. The number of aromatic nitrogens is 2. The van der Waals surface area contributed by atoms with Gasteiger partial charge in [0, 0.05) is 16.2 Å². The highest BCUT2D eigenvalue weighted by atomic mass is 79.9. The number of halogens is 1.